The zero-order valence-electron chi connectivity index (χ0n) is 10.2. The van der Waals surface area contributed by atoms with Crippen LogP contribution < -0.4 is 5.32 Å². The molecule has 3 rings (SSSR count). The highest BCUT2D eigenvalue weighted by Crippen LogP contribution is 2.23. The number of halogens is 1. The maximum atomic E-state index is 5.89. The van der Waals surface area contributed by atoms with Crippen molar-refractivity contribution in [3.05, 3.63) is 59.1 Å². The van der Waals surface area contributed by atoms with Gasteiger partial charge < -0.3 is 5.32 Å². The topological polar surface area (TPSA) is 12.0 Å². The van der Waals surface area contributed by atoms with Gasteiger partial charge in [0.2, 0.25) is 0 Å². The molecule has 1 aliphatic carbocycles. The number of benzene rings is 2. The molecule has 0 unspecified atom stereocenters. The fraction of sp³-hybridized carbons (Fsp3) is 0.250. The maximum Gasteiger partial charge on any atom is 0.0406 e. The van der Waals surface area contributed by atoms with E-state index in [1.54, 1.807) is 0 Å². The Morgan fingerprint density at radius 1 is 0.889 bits per heavy atom. The molecule has 0 radical (unpaired) electrons. The molecule has 2 aromatic rings. The van der Waals surface area contributed by atoms with Gasteiger partial charge in [0, 0.05) is 17.6 Å². The van der Waals surface area contributed by atoms with E-state index in [-0.39, 0.29) is 0 Å². The summed E-state index contributed by atoms with van der Waals surface area (Å²) in [5.41, 5.74) is 3.79. The van der Waals surface area contributed by atoms with E-state index < -0.39 is 0 Å². The van der Waals surface area contributed by atoms with Crippen LogP contribution in [0.3, 0.4) is 0 Å². The van der Waals surface area contributed by atoms with Crippen LogP contribution in [0.4, 0.5) is 0 Å². The summed E-state index contributed by atoms with van der Waals surface area (Å²) in [6.45, 7) is 0.978. The molecule has 0 spiro atoms. The summed E-state index contributed by atoms with van der Waals surface area (Å²) in [6.07, 6.45) is 2.67. The van der Waals surface area contributed by atoms with E-state index in [0.717, 1.165) is 17.6 Å². The highest BCUT2D eigenvalue weighted by Gasteiger charge is 2.19. The summed E-state index contributed by atoms with van der Waals surface area (Å²) < 4.78 is 0. The molecule has 0 saturated heterocycles. The molecule has 1 nitrogen and oxygen atoms in total. The molecule has 0 aliphatic heterocycles. The Morgan fingerprint density at radius 2 is 1.44 bits per heavy atom. The first-order chi connectivity index (χ1) is 8.81. The Labute approximate surface area is 113 Å². The SMILES string of the molecule is Clc1ccc(-c2ccc(CNC3CC3)cc2)cc1. The first-order valence-corrected chi connectivity index (χ1v) is 6.77. The second kappa shape index (κ2) is 5.13. The Kier molecular flexibility index (Phi) is 3.35. The van der Waals surface area contributed by atoms with Crippen LogP contribution in [-0.2, 0) is 6.54 Å². The summed E-state index contributed by atoms with van der Waals surface area (Å²) in [6, 6.07) is 17.5. The molecule has 1 saturated carbocycles. The van der Waals surface area contributed by atoms with Crippen LogP contribution >= 0.6 is 11.6 Å². The van der Waals surface area contributed by atoms with E-state index >= 15 is 0 Å². The third-order valence-corrected chi connectivity index (χ3v) is 3.56. The van der Waals surface area contributed by atoms with Gasteiger partial charge >= 0.3 is 0 Å². The summed E-state index contributed by atoms with van der Waals surface area (Å²) >= 11 is 5.89. The van der Waals surface area contributed by atoms with Crippen LogP contribution in [0.2, 0.25) is 5.02 Å². The molecule has 0 heterocycles. The molecule has 0 amide bonds. The van der Waals surface area contributed by atoms with E-state index in [4.69, 9.17) is 11.6 Å². The summed E-state index contributed by atoms with van der Waals surface area (Å²) in [5, 5.41) is 4.30. The Hall–Kier alpha value is -1.31. The summed E-state index contributed by atoms with van der Waals surface area (Å²) in [5.74, 6) is 0. The van der Waals surface area contributed by atoms with Gasteiger partial charge in [-0.1, -0.05) is 48.0 Å². The van der Waals surface area contributed by atoms with E-state index in [0.29, 0.717) is 0 Å². The lowest BCUT2D eigenvalue weighted by Crippen LogP contribution is -2.14. The Bertz CT molecular complexity index is 512. The largest absolute Gasteiger partial charge is 0.310 e. The normalized spacial score (nSPS) is 14.7. The van der Waals surface area contributed by atoms with Crippen molar-refractivity contribution in [1.29, 1.82) is 0 Å². The Balaban J connectivity index is 1.71. The van der Waals surface area contributed by atoms with Gasteiger partial charge in [0.1, 0.15) is 0 Å². The quantitative estimate of drug-likeness (QED) is 0.863. The molecule has 0 bridgehead atoms. The van der Waals surface area contributed by atoms with E-state index in [9.17, 15) is 0 Å². The van der Waals surface area contributed by atoms with Crippen molar-refractivity contribution in [2.45, 2.75) is 25.4 Å². The van der Waals surface area contributed by atoms with Crippen LogP contribution in [-0.4, -0.2) is 6.04 Å². The molecule has 2 aromatic carbocycles. The standard InChI is InChI=1S/C16H16ClN/c17-15-7-5-14(6-8-15)13-3-1-12(2-4-13)11-18-16-9-10-16/h1-8,16,18H,9-11H2. The predicted molar refractivity (Wildman–Crippen MR) is 76.7 cm³/mol. The van der Waals surface area contributed by atoms with E-state index in [1.165, 1.54) is 29.5 Å². The molecule has 92 valence electrons. The zero-order valence-corrected chi connectivity index (χ0v) is 11.0. The second-order valence-corrected chi connectivity index (χ2v) is 5.30. The number of rotatable bonds is 4. The third kappa shape index (κ3) is 2.92. The van der Waals surface area contributed by atoms with Gasteiger partial charge in [-0.2, -0.15) is 0 Å². The molecule has 1 N–H and O–H groups in total. The number of nitrogens with one attached hydrogen (secondary N) is 1. The van der Waals surface area contributed by atoms with Crippen LogP contribution in [0.15, 0.2) is 48.5 Å². The molecule has 18 heavy (non-hydrogen) atoms. The smallest absolute Gasteiger partial charge is 0.0406 e. The van der Waals surface area contributed by atoms with Gasteiger partial charge in [-0.3, -0.25) is 0 Å². The molecular formula is C16H16ClN. The van der Waals surface area contributed by atoms with Crippen LogP contribution in [0.1, 0.15) is 18.4 Å². The highest BCUT2D eigenvalue weighted by atomic mass is 35.5. The summed E-state index contributed by atoms with van der Waals surface area (Å²) in [4.78, 5) is 0. The number of hydrogen-bond donors (Lipinski definition) is 1. The van der Waals surface area contributed by atoms with Crippen molar-refractivity contribution in [1.82, 2.24) is 5.32 Å². The van der Waals surface area contributed by atoms with Crippen LogP contribution in [0.25, 0.3) is 11.1 Å². The van der Waals surface area contributed by atoms with E-state index in [1.807, 2.05) is 12.1 Å². The van der Waals surface area contributed by atoms with Gasteiger partial charge in [-0.05, 0) is 41.7 Å². The summed E-state index contributed by atoms with van der Waals surface area (Å²) in [7, 11) is 0. The lowest BCUT2D eigenvalue weighted by molar-refractivity contribution is 0.688. The molecule has 1 aliphatic rings. The van der Waals surface area contributed by atoms with Crippen molar-refractivity contribution in [3.8, 4) is 11.1 Å². The zero-order chi connectivity index (χ0) is 12.4. The fourth-order valence-corrected chi connectivity index (χ4v) is 2.13. The third-order valence-electron chi connectivity index (χ3n) is 3.30. The van der Waals surface area contributed by atoms with Crippen molar-refractivity contribution in [2.24, 2.45) is 0 Å². The lowest BCUT2D eigenvalue weighted by atomic mass is 10.0. The van der Waals surface area contributed by atoms with Gasteiger partial charge in [-0.25, -0.2) is 0 Å². The fourth-order valence-electron chi connectivity index (χ4n) is 2.01. The van der Waals surface area contributed by atoms with Crippen LogP contribution in [0, 0.1) is 0 Å². The van der Waals surface area contributed by atoms with Crippen molar-refractivity contribution >= 4 is 11.6 Å². The van der Waals surface area contributed by atoms with Gasteiger partial charge in [0.25, 0.3) is 0 Å². The first kappa shape index (κ1) is 11.8. The molecule has 0 aromatic heterocycles. The molecule has 0 atom stereocenters. The van der Waals surface area contributed by atoms with Gasteiger partial charge in [-0.15, -0.1) is 0 Å². The van der Waals surface area contributed by atoms with Crippen molar-refractivity contribution in [2.75, 3.05) is 0 Å². The van der Waals surface area contributed by atoms with E-state index in [2.05, 4.69) is 41.7 Å². The minimum Gasteiger partial charge on any atom is -0.310 e. The predicted octanol–water partition coefficient (Wildman–Crippen LogP) is 4.26. The minimum absolute atomic E-state index is 0.765. The van der Waals surface area contributed by atoms with Crippen molar-refractivity contribution in [3.63, 3.8) is 0 Å². The average molecular weight is 258 g/mol. The first-order valence-electron chi connectivity index (χ1n) is 6.39. The average Bonchev–Trinajstić information content (AvgIpc) is 3.22. The second-order valence-electron chi connectivity index (χ2n) is 4.86. The molecule has 1 fully saturated rings. The highest BCUT2D eigenvalue weighted by molar-refractivity contribution is 6.30. The van der Waals surface area contributed by atoms with Crippen LogP contribution in [0.5, 0.6) is 0 Å². The maximum absolute atomic E-state index is 5.89. The minimum atomic E-state index is 0.765. The van der Waals surface area contributed by atoms with Gasteiger partial charge in [0.15, 0.2) is 0 Å². The monoisotopic (exact) mass is 257 g/mol. The molecule has 2 heteroatoms. The Morgan fingerprint density at radius 3 is 2.00 bits per heavy atom. The number of hydrogen-bond acceptors (Lipinski definition) is 1. The molecular weight excluding hydrogens is 242 g/mol. The lowest BCUT2D eigenvalue weighted by Gasteiger charge is -2.05. The van der Waals surface area contributed by atoms with Gasteiger partial charge in [0.05, 0.1) is 0 Å². The van der Waals surface area contributed by atoms with Crippen molar-refractivity contribution < 1.29 is 0 Å².